The van der Waals surface area contributed by atoms with E-state index in [2.05, 4.69) is 16.7 Å². The fourth-order valence-electron chi connectivity index (χ4n) is 2.63. The number of nitrogens with one attached hydrogen (secondary N) is 2. The fraction of sp³-hybridized carbons (Fsp3) is 0.278. The number of benzene rings is 2. The van der Waals surface area contributed by atoms with E-state index in [9.17, 15) is 4.39 Å². The number of morpholine rings is 1. The minimum Gasteiger partial charge on any atom is -0.369 e. The SMILES string of the molecule is N#Cc1ccccc1C1CNC(NCc2ccc(F)cc2)CO1. The van der Waals surface area contributed by atoms with Gasteiger partial charge in [-0.05, 0) is 29.3 Å². The molecule has 3 rings (SSSR count). The normalized spacial score (nSPS) is 20.9. The highest BCUT2D eigenvalue weighted by Crippen LogP contribution is 2.22. The highest BCUT2D eigenvalue weighted by molar-refractivity contribution is 5.39. The van der Waals surface area contributed by atoms with Crippen LogP contribution in [0, 0.1) is 17.1 Å². The number of nitriles is 1. The quantitative estimate of drug-likeness (QED) is 0.911. The van der Waals surface area contributed by atoms with E-state index in [1.807, 2.05) is 18.2 Å². The summed E-state index contributed by atoms with van der Waals surface area (Å²) in [5.41, 5.74) is 2.58. The third-order valence-corrected chi connectivity index (χ3v) is 3.91. The van der Waals surface area contributed by atoms with Crippen LogP contribution >= 0.6 is 0 Å². The summed E-state index contributed by atoms with van der Waals surface area (Å²) in [6.07, 6.45) is -0.0831. The molecule has 2 atom stereocenters. The lowest BCUT2D eigenvalue weighted by Gasteiger charge is -2.31. The summed E-state index contributed by atoms with van der Waals surface area (Å²) in [5.74, 6) is -0.230. The van der Waals surface area contributed by atoms with Crippen LogP contribution in [0.1, 0.15) is 22.8 Å². The molecule has 0 amide bonds. The predicted molar refractivity (Wildman–Crippen MR) is 84.9 cm³/mol. The third-order valence-electron chi connectivity index (χ3n) is 3.91. The van der Waals surface area contributed by atoms with Crippen LogP contribution in [0.25, 0.3) is 0 Å². The lowest BCUT2D eigenvalue weighted by atomic mass is 10.0. The molecule has 1 aliphatic heterocycles. The molecule has 2 aromatic carbocycles. The maximum Gasteiger partial charge on any atom is 0.123 e. The Morgan fingerprint density at radius 2 is 2.00 bits per heavy atom. The minimum atomic E-state index is -0.230. The lowest BCUT2D eigenvalue weighted by Crippen LogP contribution is -2.51. The predicted octanol–water partition coefficient (Wildman–Crippen LogP) is 2.47. The molecule has 118 valence electrons. The average molecular weight is 311 g/mol. The van der Waals surface area contributed by atoms with Crippen molar-refractivity contribution in [2.75, 3.05) is 13.2 Å². The Morgan fingerprint density at radius 3 is 2.70 bits per heavy atom. The van der Waals surface area contributed by atoms with E-state index in [-0.39, 0.29) is 18.1 Å². The van der Waals surface area contributed by atoms with Crippen LogP contribution in [0.15, 0.2) is 48.5 Å². The fourth-order valence-corrected chi connectivity index (χ4v) is 2.63. The lowest BCUT2D eigenvalue weighted by molar-refractivity contribution is -0.00532. The Hall–Kier alpha value is -2.26. The smallest absolute Gasteiger partial charge is 0.123 e. The Balaban J connectivity index is 1.52. The number of rotatable bonds is 4. The largest absolute Gasteiger partial charge is 0.369 e. The van der Waals surface area contributed by atoms with Crippen molar-refractivity contribution in [3.05, 3.63) is 71.0 Å². The first-order valence-corrected chi connectivity index (χ1v) is 7.58. The van der Waals surface area contributed by atoms with Gasteiger partial charge in [0.15, 0.2) is 0 Å². The van der Waals surface area contributed by atoms with Gasteiger partial charge in [-0.3, -0.25) is 10.6 Å². The first kappa shape index (κ1) is 15.6. The van der Waals surface area contributed by atoms with Crippen molar-refractivity contribution in [2.24, 2.45) is 0 Å². The molecule has 0 aromatic heterocycles. The molecule has 2 N–H and O–H groups in total. The van der Waals surface area contributed by atoms with E-state index in [4.69, 9.17) is 10.00 Å². The van der Waals surface area contributed by atoms with Crippen LogP contribution in [0.3, 0.4) is 0 Å². The zero-order chi connectivity index (χ0) is 16.1. The molecular weight excluding hydrogens is 293 g/mol. The second kappa shape index (κ2) is 7.34. The Labute approximate surface area is 134 Å². The number of halogens is 1. The second-order valence-corrected chi connectivity index (χ2v) is 5.49. The highest BCUT2D eigenvalue weighted by Gasteiger charge is 2.23. The Morgan fingerprint density at radius 1 is 1.22 bits per heavy atom. The van der Waals surface area contributed by atoms with Crippen molar-refractivity contribution in [1.82, 2.24) is 10.6 Å². The molecule has 0 spiro atoms. The summed E-state index contributed by atoms with van der Waals surface area (Å²) in [5, 5.41) is 15.9. The minimum absolute atomic E-state index is 0.0329. The van der Waals surface area contributed by atoms with Crippen molar-refractivity contribution in [3.63, 3.8) is 0 Å². The molecule has 23 heavy (non-hydrogen) atoms. The van der Waals surface area contributed by atoms with E-state index in [0.717, 1.165) is 11.1 Å². The van der Waals surface area contributed by atoms with Crippen molar-refractivity contribution in [3.8, 4) is 6.07 Å². The topological polar surface area (TPSA) is 57.1 Å². The zero-order valence-corrected chi connectivity index (χ0v) is 12.6. The number of nitrogens with zero attached hydrogens (tertiary/aromatic N) is 1. The van der Waals surface area contributed by atoms with Crippen LogP contribution in [0.4, 0.5) is 4.39 Å². The monoisotopic (exact) mass is 311 g/mol. The van der Waals surface area contributed by atoms with Crippen LogP contribution in [-0.4, -0.2) is 19.3 Å². The van der Waals surface area contributed by atoms with Crippen LogP contribution in [0.5, 0.6) is 0 Å². The number of hydrogen-bond acceptors (Lipinski definition) is 4. The summed E-state index contributed by atoms with van der Waals surface area (Å²) < 4.78 is 18.8. The molecule has 0 aliphatic carbocycles. The molecule has 1 heterocycles. The van der Waals surface area contributed by atoms with Gasteiger partial charge in [-0.25, -0.2) is 4.39 Å². The molecule has 5 heteroatoms. The molecule has 0 saturated carbocycles. The van der Waals surface area contributed by atoms with Crippen LogP contribution in [0.2, 0.25) is 0 Å². The van der Waals surface area contributed by atoms with Crippen molar-refractivity contribution < 1.29 is 9.13 Å². The van der Waals surface area contributed by atoms with E-state index in [0.29, 0.717) is 25.3 Å². The third kappa shape index (κ3) is 3.93. The summed E-state index contributed by atoms with van der Waals surface area (Å²) in [6, 6.07) is 16.1. The molecule has 1 fully saturated rings. The van der Waals surface area contributed by atoms with E-state index >= 15 is 0 Å². The zero-order valence-electron chi connectivity index (χ0n) is 12.6. The number of ether oxygens (including phenoxy) is 1. The van der Waals surface area contributed by atoms with Crippen molar-refractivity contribution in [2.45, 2.75) is 18.8 Å². The molecule has 0 bridgehead atoms. The van der Waals surface area contributed by atoms with E-state index < -0.39 is 0 Å². The Kier molecular flexibility index (Phi) is 4.99. The molecule has 2 unspecified atom stereocenters. The van der Waals surface area contributed by atoms with Gasteiger partial charge < -0.3 is 4.74 Å². The van der Waals surface area contributed by atoms with Crippen LogP contribution in [-0.2, 0) is 11.3 Å². The summed E-state index contributed by atoms with van der Waals surface area (Å²) in [6.45, 7) is 1.78. The average Bonchev–Trinajstić information content (AvgIpc) is 2.62. The summed E-state index contributed by atoms with van der Waals surface area (Å²) >= 11 is 0. The number of hydrogen-bond donors (Lipinski definition) is 2. The van der Waals surface area contributed by atoms with Gasteiger partial charge in [0.1, 0.15) is 5.82 Å². The van der Waals surface area contributed by atoms with Gasteiger partial charge in [0.25, 0.3) is 0 Å². The standard InChI is InChI=1S/C18H18FN3O/c19-15-7-5-13(6-8-15)10-21-18-12-23-17(11-22-18)16-4-2-1-3-14(16)9-20/h1-8,17-18,21-22H,10-12H2. The van der Waals surface area contributed by atoms with Gasteiger partial charge in [-0.1, -0.05) is 30.3 Å². The Bertz CT molecular complexity index is 688. The van der Waals surface area contributed by atoms with Gasteiger partial charge in [-0.15, -0.1) is 0 Å². The van der Waals surface area contributed by atoms with Gasteiger partial charge in [-0.2, -0.15) is 5.26 Å². The van der Waals surface area contributed by atoms with E-state index in [1.54, 1.807) is 18.2 Å². The first-order valence-electron chi connectivity index (χ1n) is 7.58. The summed E-state index contributed by atoms with van der Waals surface area (Å²) in [4.78, 5) is 0. The molecule has 2 aromatic rings. The molecule has 1 saturated heterocycles. The van der Waals surface area contributed by atoms with Crippen LogP contribution < -0.4 is 10.6 Å². The van der Waals surface area contributed by atoms with Gasteiger partial charge >= 0.3 is 0 Å². The van der Waals surface area contributed by atoms with Crippen molar-refractivity contribution in [1.29, 1.82) is 5.26 Å². The first-order chi connectivity index (χ1) is 11.3. The van der Waals surface area contributed by atoms with E-state index in [1.165, 1.54) is 12.1 Å². The highest BCUT2D eigenvalue weighted by atomic mass is 19.1. The molecule has 4 nitrogen and oxygen atoms in total. The maximum absolute atomic E-state index is 12.9. The molecule has 1 aliphatic rings. The maximum atomic E-state index is 12.9. The van der Waals surface area contributed by atoms with Crippen molar-refractivity contribution >= 4 is 0 Å². The molecular formula is C18H18FN3O. The summed E-state index contributed by atoms with van der Waals surface area (Å²) in [7, 11) is 0. The van der Waals surface area contributed by atoms with Gasteiger partial charge in [0, 0.05) is 13.1 Å². The van der Waals surface area contributed by atoms with Gasteiger partial charge in [0.05, 0.1) is 30.5 Å². The van der Waals surface area contributed by atoms with Gasteiger partial charge in [0.2, 0.25) is 0 Å². The molecule has 0 radical (unpaired) electrons. The second-order valence-electron chi connectivity index (χ2n) is 5.49.